The Hall–Kier alpha value is -3.75. The Morgan fingerprint density at radius 2 is 2.10 bits per heavy atom. The molecule has 3 aromatic heterocycles. The summed E-state index contributed by atoms with van der Waals surface area (Å²) in [5.74, 6) is 1.08. The minimum Gasteiger partial charge on any atom is -0.471 e. The van der Waals surface area contributed by atoms with Crippen LogP contribution in [-0.4, -0.2) is 59.8 Å². The summed E-state index contributed by atoms with van der Waals surface area (Å²) in [6.07, 6.45) is 4.48. The SMILES string of the molecule is Cn1c(-c2cncc3ccccc23)nc2c(O[C@H]3CCN(C(=O)O)C3)ncnc21. The minimum atomic E-state index is -0.937. The lowest BCUT2D eigenvalue weighted by atomic mass is 10.1. The van der Waals surface area contributed by atoms with E-state index in [0.29, 0.717) is 42.4 Å². The van der Waals surface area contributed by atoms with Gasteiger partial charge in [0.05, 0.1) is 6.54 Å². The molecule has 9 nitrogen and oxygen atoms in total. The molecule has 4 aromatic rings. The molecular formula is C20H18N6O3. The lowest BCUT2D eigenvalue weighted by Crippen LogP contribution is -2.29. The number of rotatable bonds is 3. The molecular weight excluding hydrogens is 372 g/mol. The molecule has 5 rings (SSSR count). The van der Waals surface area contributed by atoms with Crippen molar-refractivity contribution < 1.29 is 14.6 Å². The summed E-state index contributed by atoms with van der Waals surface area (Å²) in [7, 11) is 1.89. The van der Waals surface area contributed by atoms with E-state index >= 15 is 0 Å². The summed E-state index contributed by atoms with van der Waals surface area (Å²) in [5.41, 5.74) is 2.09. The summed E-state index contributed by atoms with van der Waals surface area (Å²) in [6.45, 7) is 0.761. The van der Waals surface area contributed by atoms with E-state index in [-0.39, 0.29) is 6.10 Å². The van der Waals surface area contributed by atoms with Crippen LogP contribution in [0.25, 0.3) is 33.3 Å². The third kappa shape index (κ3) is 2.91. The Morgan fingerprint density at radius 1 is 1.24 bits per heavy atom. The number of amides is 1. The van der Waals surface area contributed by atoms with E-state index in [0.717, 1.165) is 16.3 Å². The molecule has 0 unspecified atom stereocenters. The van der Waals surface area contributed by atoms with Crippen LogP contribution in [0.5, 0.6) is 5.88 Å². The van der Waals surface area contributed by atoms with Gasteiger partial charge < -0.3 is 19.3 Å². The standard InChI is InChI=1S/C20H18N6O3/c1-25-17(15-9-21-8-12-4-2-3-5-14(12)15)24-16-18(25)22-11-23-19(16)29-13-6-7-26(10-13)20(27)28/h2-5,8-9,11,13H,6-7,10H2,1H3,(H,27,28)/t13-/m0/s1. The van der Waals surface area contributed by atoms with E-state index in [1.165, 1.54) is 11.2 Å². The fourth-order valence-electron chi connectivity index (χ4n) is 3.76. The van der Waals surface area contributed by atoms with Crippen molar-refractivity contribution in [3.05, 3.63) is 43.0 Å². The Labute approximate surface area is 165 Å². The molecule has 0 bridgehead atoms. The highest BCUT2D eigenvalue weighted by atomic mass is 16.5. The van der Waals surface area contributed by atoms with Crippen molar-refractivity contribution in [2.75, 3.05) is 13.1 Å². The highest BCUT2D eigenvalue weighted by Gasteiger charge is 2.29. The zero-order valence-electron chi connectivity index (χ0n) is 15.7. The number of ether oxygens (including phenoxy) is 1. The quantitative estimate of drug-likeness (QED) is 0.573. The van der Waals surface area contributed by atoms with Crippen LogP contribution in [0.2, 0.25) is 0 Å². The van der Waals surface area contributed by atoms with E-state index in [1.807, 2.05) is 42.1 Å². The van der Waals surface area contributed by atoms with Gasteiger partial charge in [-0.1, -0.05) is 24.3 Å². The Morgan fingerprint density at radius 3 is 2.93 bits per heavy atom. The summed E-state index contributed by atoms with van der Waals surface area (Å²) < 4.78 is 7.91. The van der Waals surface area contributed by atoms with Gasteiger partial charge >= 0.3 is 6.09 Å². The van der Waals surface area contributed by atoms with Crippen molar-refractivity contribution in [1.29, 1.82) is 0 Å². The lowest BCUT2D eigenvalue weighted by Gasteiger charge is -2.13. The van der Waals surface area contributed by atoms with Crippen LogP contribution < -0.4 is 4.74 Å². The minimum absolute atomic E-state index is 0.256. The van der Waals surface area contributed by atoms with Crippen molar-refractivity contribution >= 4 is 28.0 Å². The van der Waals surface area contributed by atoms with Crippen LogP contribution in [0.1, 0.15) is 6.42 Å². The monoisotopic (exact) mass is 390 g/mol. The highest BCUT2D eigenvalue weighted by molar-refractivity contribution is 5.96. The van der Waals surface area contributed by atoms with Crippen molar-refractivity contribution in [2.45, 2.75) is 12.5 Å². The van der Waals surface area contributed by atoms with Gasteiger partial charge in [0, 0.05) is 43.4 Å². The van der Waals surface area contributed by atoms with Crippen LogP contribution in [0.4, 0.5) is 4.79 Å². The molecule has 0 radical (unpaired) electrons. The van der Waals surface area contributed by atoms with Crippen LogP contribution in [0.15, 0.2) is 43.0 Å². The second-order valence-corrected chi connectivity index (χ2v) is 7.01. The number of imidazole rings is 1. The number of pyridine rings is 1. The number of nitrogens with zero attached hydrogens (tertiary/aromatic N) is 6. The van der Waals surface area contributed by atoms with E-state index in [9.17, 15) is 4.79 Å². The van der Waals surface area contributed by atoms with Crippen molar-refractivity contribution in [3.8, 4) is 17.3 Å². The maximum absolute atomic E-state index is 11.1. The van der Waals surface area contributed by atoms with Gasteiger partial charge in [-0.15, -0.1) is 0 Å². The summed E-state index contributed by atoms with van der Waals surface area (Å²) in [6, 6.07) is 8.00. The third-order valence-corrected chi connectivity index (χ3v) is 5.23. The van der Waals surface area contributed by atoms with E-state index in [4.69, 9.17) is 14.8 Å². The van der Waals surface area contributed by atoms with Crippen LogP contribution >= 0.6 is 0 Å². The second-order valence-electron chi connectivity index (χ2n) is 7.01. The van der Waals surface area contributed by atoms with E-state index in [2.05, 4.69) is 15.0 Å². The van der Waals surface area contributed by atoms with Gasteiger partial charge in [-0.25, -0.2) is 14.8 Å². The summed E-state index contributed by atoms with van der Waals surface area (Å²) >= 11 is 0. The molecule has 1 fully saturated rings. The average molecular weight is 390 g/mol. The molecule has 0 aliphatic carbocycles. The molecule has 29 heavy (non-hydrogen) atoms. The van der Waals surface area contributed by atoms with Gasteiger partial charge in [0.2, 0.25) is 5.88 Å². The predicted octanol–water partition coefficient (Wildman–Crippen LogP) is 2.71. The summed E-state index contributed by atoms with van der Waals surface area (Å²) in [4.78, 5) is 30.2. The zero-order valence-corrected chi connectivity index (χ0v) is 15.7. The maximum Gasteiger partial charge on any atom is 0.407 e. The van der Waals surface area contributed by atoms with Crippen molar-refractivity contribution in [3.63, 3.8) is 0 Å². The number of carboxylic acid groups (broad SMARTS) is 1. The highest BCUT2D eigenvalue weighted by Crippen LogP contribution is 2.31. The van der Waals surface area contributed by atoms with Gasteiger partial charge in [-0.05, 0) is 5.39 Å². The van der Waals surface area contributed by atoms with Gasteiger partial charge in [0.15, 0.2) is 11.2 Å². The first-order valence-electron chi connectivity index (χ1n) is 9.27. The molecule has 146 valence electrons. The first kappa shape index (κ1) is 17.4. The van der Waals surface area contributed by atoms with E-state index in [1.54, 1.807) is 6.20 Å². The third-order valence-electron chi connectivity index (χ3n) is 5.23. The van der Waals surface area contributed by atoms with Gasteiger partial charge in [0.25, 0.3) is 0 Å². The number of hydrogen-bond acceptors (Lipinski definition) is 6. The Bertz CT molecular complexity index is 1230. The Balaban J connectivity index is 1.57. The maximum atomic E-state index is 11.1. The largest absolute Gasteiger partial charge is 0.471 e. The van der Waals surface area contributed by atoms with Gasteiger partial charge in [-0.3, -0.25) is 4.98 Å². The lowest BCUT2D eigenvalue weighted by molar-refractivity contribution is 0.145. The molecule has 1 aromatic carbocycles. The molecule has 1 atom stereocenters. The van der Waals surface area contributed by atoms with E-state index < -0.39 is 6.09 Å². The Kier molecular flexibility index (Phi) is 4.01. The number of benzene rings is 1. The number of hydrogen-bond donors (Lipinski definition) is 1. The molecule has 4 heterocycles. The van der Waals surface area contributed by atoms with Crippen LogP contribution in [0.3, 0.4) is 0 Å². The van der Waals surface area contributed by atoms with Gasteiger partial charge in [0.1, 0.15) is 18.3 Å². The molecule has 1 amide bonds. The smallest absolute Gasteiger partial charge is 0.407 e. The molecule has 1 saturated heterocycles. The molecule has 0 spiro atoms. The van der Waals surface area contributed by atoms with Crippen molar-refractivity contribution in [2.24, 2.45) is 7.05 Å². The van der Waals surface area contributed by atoms with Crippen LogP contribution in [-0.2, 0) is 7.05 Å². The average Bonchev–Trinajstić information content (AvgIpc) is 3.33. The predicted molar refractivity (Wildman–Crippen MR) is 106 cm³/mol. The number of aromatic nitrogens is 5. The molecule has 0 saturated carbocycles. The topological polar surface area (TPSA) is 106 Å². The molecule has 1 aliphatic rings. The second kappa shape index (κ2) is 6.69. The molecule has 1 N–H and O–H groups in total. The number of likely N-dealkylation sites (tertiary alicyclic amines) is 1. The number of aryl methyl sites for hydroxylation is 1. The number of fused-ring (bicyclic) bond motifs is 2. The first-order chi connectivity index (χ1) is 14.1. The normalized spacial score (nSPS) is 16.6. The first-order valence-corrected chi connectivity index (χ1v) is 9.27. The fourth-order valence-corrected chi connectivity index (χ4v) is 3.76. The summed E-state index contributed by atoms with van der Waals surface area (Å²) in [5, 5.41) is 11.2. The molecule has 1 aliphatic heterocycles. The van der Waals surface area contributed by atoms with Crippen LogP contribution in [0, 0.1) is 0 Å². The fraction of sp³-hybridized carbons (Fsp3) is 0.250. The molecule has 9 heteroatoms. The number of carbonyl (C=O) groups is 1. The van der Waals surface area contributed by atoms with Gasteiger partial charge in [-0.2, -0.15) is 4.98 Å². The van der Waals surface area contributed by atoms with Crippen molar-refractivity contribution in [1.82, 2.24) is 29.4 Å². The zero-order chi connectivity index (χ0) is 20.0.